The number of rotatable bonds is 6. The molecule has 3 aliphatic heterocycles. The molecule has 6 nitrogen and oxygen atoms in total. The summed E-state index contributed by atoms with van der Waals surface area (Å²) >= 11 is 0. The van der Waals surface area contributed by atoms with Crippen molar-refractivity contribution in [3.63, 3.8) is 0 Å². The molecule has 6 heteroatoms. The van der Waals surface area contributed by atoms with Crippen LogP contribution in [0.2, 0.25) is 0 Å². The molecule has 0 saturated carbocycles. The predicted molar refractivity (Wildman–Crippen MR) is 105 cm³/mol. The molecule has 0 unspecified atom stereocenters. The van der Waals surface area contributed by atoms with E-state index in [1.807, 2.05) is 23.5 Å². The van der Waals surface area contributed by atoms with Crippen molar-refractivity contribution in [1.29, 1.82) is 0 Å². The molecule has 0 spiro atoms. The highest BCUT2D eigenvalue weighted by Crippen LogP contribution is 2.37. The Balaban J connectivity index is 1.57. The highest BCUT2D eigenvalue weighted by Gasteiger charge is 2.36. The number of hydrogen-bond donors (Lipinski definition) is 0. The van der Waals surface area contributed by atoms with Gasteiger partial charge in [-0.2, -0.15) is 0 Å². The number of nitrogens with zero attached hydrogens (tertiary/aromatic N) is 4. The van der Waals surface area contributed by atoms with Crippen LogP contribution in [0.15, 0.2) is 70.1 Å². The molecule has 3 aliphatic rings. The lowest BCUT2D eigenvalue weighted by molar-refractivity contribution is -0.0972. The molecule has 0 fully saturated rings. The number of allylic oxidation sites excluding steroid dienone is 1. The lowest BCUT2D eigenvalue weighted by atomic mass is 10.1. The van der Waals surface area contributed by atoms with Crippen molar-refractivity contribution >= 4 is 6.21 Å². The minimum Gasteiger partial charge on any atom is -0.491 e. The van der Waals surface area contributed by atoms with Crippen molar-refractivity contribution < 1.29 is 9.57 Å². The van der Waals surface area contributed by atoms with Gasteiger partial charge in [0.1, 0.15) is 23.9 Å². The minimum atomic E-state index is 0.641. The standard InChI is InChI=1S/C21H26N4O2/c1-4-23-13-16(2)20(27-11-10-17-8-6-5-7-9-17)19-21(23)25-15-24(26-3)14-18(25)12-22-19/h5-9,12,14H,4,10-11,13,15H2,1-3H3. The first-order valence-electron chi connectivity index (χ1n) is 9.41. The fourth-order valence-electron chi connectivity index (χ4n) is 3.68. The largest absolute Gasteiger partial charge is 0.491 e. The van der Waals surface area contributed by atoms with E-state index in [-0.39, 0.29) is 0 Å². The maximum atomic E-state index is 6.25. The van der Waals surface area contributed by atoms with Gasteiger partial charge < -0.3 is 14.5 Å². The Morgan fingerprint density at radius 3 is 2.74 bits per heavy atom. The van der Waals surface area contributed by atoms with Crippen LogP contribution in [-0.4, -0.2) is 54.6 Å². The van der Waals surface area contributed by atoms with Crippen LogP contribution in [0.4, 0.5) is 0 Å². The SMILES string of the molecule is CCN1CC(C)=C(OCCc2ccccc2)C2=C1N1CN(OC)C=C1C=N2. The van der Waals surface area contributed by atoms with Gasteiger partial charge in [-0.3, -0.25) is 4.84 Å². The summed E-state index contributed by atoms with van der Waals surface area (Å²) in [5.41, 5.74) is 4.46. The van der Waals surface area contributed by atoms with Crippen LogP contribution in [0.3, 0.4) is 0 Å². The van der Waals surface area contributed by atoms with Crippen LogP contribution in [-0.2, 0) is 16.0 Å². The summed E-state index contributed by atoms with van der Waals surface area (Å²) in [5.74, 6) is 2.02. The third-order valence-corrected chi connectivity index (χ3v) is 5.09. The van der Waals surface area contributed by atoms with E-state index < -0.39 is 0 Å². The third kappa shape index (κ3) is 3.32. The number of fused-ring (bicyclic) bond motifs is 2. The molecule has 27 heavy (non-hydrogen) atoms. The zero-order valence-electron chi connectivity index (χ0n) is 16.2. The molecule has 3 heterocycles. The van der Waals surface area contributed by atoms with E-state index in [9.17, 15) is 0 Å². The van der Waals surface area contributed by atoms with E-state index in [0.717, 1.165) is 42.5 Å². The number of likely N-dealkylation sites (N-methyl/N-ethyl adjacent to an activating group) is 1. The number of benzene rings is 1. The average Bonchev–Trinajstić information content (AvgIpc) is 3.13. The molecule has 0 saturated heterocycles. The molecule has 0 radical (unpaired) electrons. The van der Waals surface area contributed by atoms with E-state index in [1.165, 1.54) is 11.1 Å². The second kappa shape index (κ2) is 7.48. The number of hydroxylamine groups is 2. The summed E-state index contributed by atoms with van der Waals surface area (Å²) in [6.07, 6.45) is 4.75. The second-order valence-electron chi connectivity index (χ2n) is 6.86. The van der Waals surface area contributed by atoms with Gasteiger partial charge in [0.2, 0.25) is 0 Å². The molecular formula is C21H26N4O2. The summed E-state index contributed by atoms with van der Waals surface area (Å²) in [5, 5.41) is 1.81. The van der Waals surface area contributed by atoms with Gasteiger partial charge in [0.15, 0.2) is 0 Å². The lowest BCUT2D eigenvalue weighted by Gasteiger charge is -2.40. The van der Waals surface area contributed by atoms with Gasteiger partial charge in [-0.25, -0.2) is 10.1 Å². The fraction of sp³-hybridized carbons (Fsp3) is 0.381. The van der Waals surface area contributed by atoms with Gasteiger partial charge in [-0.1, -0.05) is 30.3 Å². The summed E-state index contributed by atoms with van der Waals surface area (Å²) in [7, 11) is 1.68. The first-order valence-corrected chi connectivity index (χ1v) is 9.41. The fourth-order valence-corrected chi connectivity index (χ4v) is 3.68. The van der Waals surface area contributed by atoms with E-state index in [0.29, 0.717) is 13.3 Å². The zero-order chi connectivity index (χ0) is 18.8. The molecule has 0 bridgehead atoms. The Labute approximate surface area is 160 Å². The zero-order valence-corrected chi connectivity index (χ0v) is 16.2. The number of hydrogen-bond acceptors (Lipinski definition) is 6. The van der Waals surface area contributed by atoms with Gasteiger partial charge in [-0.15, -0.1) is 0 Å². The summed E-state index contributed by atoms with van der Waals surface area (Å²) < 4.78 is 6.25. The van der Waals surface area contributed by atoms with Gasteiger partial charge in [0.05, 0.1) is 31.8 Å². The Morgan fingerprint density at radius 2 is 2.00 bits per heavy atom. The Kier molecular flexibility index (Phi) is 4.90. The van der Waals surface area contributed by atoms with Gasteiger partial charge in [0.25, 0.3) is 0 Å². The first-order chi connectivity index (χ1) is 13.2. The topological polar surface area (TPSA) is 40.5 Å². The van der Waals surface area contributed by atoms with Crippen molar-refractivity contribution in [1.82, 2.24) is 14.9 Å². The second-order valence-corrected chi connectivity index (χ2v) is 6.86. The molecule has 0 amide bonds. The van der Waals surface area contributed by atoms with Gasteiger partial charge in [0, 0.05) is 19.5 Å². The molecule has 4 rings (SSSR count). The summed E-state index contributed by atoms with van der Waals surface area (Å²) in [6.45, 7) is 7.37. The van der Waals surface area contributed by atoms with Gasteiger partial charge in [-0.05, 0) is 25.0 Å². The average molecular weight is 366 g/mol. The lowest BCUT2D eigenvalue weighted by Crippen LogP contribution is -2.42. The monoisotopic (exact) mass is 366 g/mol. The van der Waals surface area contributed by atoms with Crippen LogP contribution in [0.1, 0.15) is 19.4 Å². The normalized spacial score (nSPS) is 18.8. The summed E-state index contributed by atoms with van der Waals surface area (Å²) in [4.78, 5) is 14.7. The van der Waals surface area contributed by atoms with Crippen molar-refractivity contribution in [2.75, 3.05) is 33.5 Å². The van der Waals surface area contributed by atoms with Crippen molar-refractivity contribution in [2.24, 2.45) is 4.99 Å². The predicted octanol–water partition coefficient (Wildman–Crippen LogP) is 3.09. The summed E-state index contributed by atoms with van der Waals surface area (Å²) in [6, 6.07) is 10.4. The molecule has 1 aromatic carbocycles. The minimum absolute atomic E-state index is 0.641. The van der Waals surface area contributed by atoms with E-state index >= 15 is 0 Å². The van der Waals surface area contributed by atoms with Crippen molar-refractivity contribution in [2.45, 2.75) is 20.3 Å². The molecule has 0 aliphatic carbocycles. The molecule has 0 aromatic heterocycles. The van der Waals surface area contributed by atoms with E-state index in [2.05, 4.69) is 47.9 Å². The Hall–Kier alpha value is -2.73. The van der Waals surface area contributed by atoms with Crippen LogP contribution in [0.25, 0.3) is 0 Å². The molecule has 1 aromatic rings. The smallest absolute Gasteiger partial charge is 0.149 e. The van der Waals surface area contributed by atoms with Crippen molar-refractivity contribution in [3.05, 3.63) is 70.6 Å². The van der Waals surface area contributed by atoms with Crippen LogP contribution in [0, 0.1) is 0 Å². The molecular weight excluding hydrogens is 340 g/mol. The van der Waals surface area contributed by atoms with E-state index in [1.54, 1.807) is 7.11 Å². The number of ether oxygens (including phenoxy) is 1. The Morgan fingerprint density at radius 1 is 1.19 bits per heavy atom. The maximum absolute atomic E-state index is 6.25. The van der Waals surface area contributed by atoms with Crippen LogP contribution >= 0.6 is 0 Å². The first kappa shape index (κ1) is 17.7. The van der Waals surface area contributed by atoms with Gasteiger partial charge >= 0.3 is 0 Å². The Bertz CT molecular complexity index is 826. The van der Waals surface area contributed by atoms with E-state index in [4.69, 9.17) is 14.6 Å². The molecule has 0 N–H and O–H groups in total. The maximum Gasteiger partial charge on any atom is 0.149 e. The van der Waals surface area contributed by atoms with Crippen molar-refractivity contribution in [3.8, 4) is 0 Å². The third-order valence-electron chi connectivity index (χ3n) is 5.09. The highest BCUT2D eigenvalue weighted by molar-refractivity contribution is 5.82. The number of aliphatic imine (C=N–C) groups is 1. The molecule has 0 atom stereocenters. The van der Waals surface area contributed by atoms with Crippen LogP contribution in [0.5, 0.6) is 0 Å². The molecule has 142 valence electrons. The van der Waals surface area contributed by atoms with Crippen LogP contribution < -0.4 is 0 Å². The quantitative estimate of drug-likeness (QED) is 0.774. The highest BCUT2D eigenvalue weighted by atomic mass is 16.7.